The zero-order valence-electron chi connectivity index (χ0n) is 6.06. The van der Waals surface area contributed by atoms with E-state index in [4.69, 9.17) is 0 Å². The van der Waals surface area contributed by atoms with Crippen LogP contribution in [0.1, 0.15) is 32.6 Å². The summed E-state index contributed by atoms with van der Waals surface area (Å²) in [6, 6.07) is 0. The van der Waals surface area contributed by atoms with Gasteiger partial charge in [-0.3, -0.25) is 0 Å². The minimum atomic E-state index is 0.866. The molecule has 4 fully saturated rings. The lowest BCUT2D eigenvalue weighted by Gasteiger charge is -2.42. The molecule has 4 atom stereocenters. The largest absolute Gasteiger partial charge is 0.0591 e. The van der Waals surface area contributed by atoms with Crippen molar-refractivity contribution in [1.29, 1.82) is 0 Å². The van der Waals surface area contributed by atoms with Crippen LogP contribution in [-0.4, -0.2) is 0 Å². The summed E-state index contributed by atoms with van der Waals surface area (Å²) in [5, 5.41) is 0. The second-order valence-electron chi connectivity index (χ2n) is 4.59. The first-order valence-electron chi connectivity index (χ1n) is 4.31. The summed E-state index contributed by atoms with van der Waals surface area (Å²) >= 11 is 0. The van der Waals surface area contributed by atoms with Gasteiger partial charge in [0.1, 0.15) is 0 Å². The first-order chi connectivity index (χ1) is 4.31. The fourth-order valence-electron chi connectivity index (χ4n) is 3.98. The summed E-state index contributed by atoms with van der Waals surface area (Å²) in [6.45, 7) is 2.53. The van der Waals surface area contributed by atoms with Crippen LogP contribution in [0.2, 0.25) is 0 Å². The Morgan fingerprint density at radius 1 is 1.33 bits per heavy atom. The molecule has 4 aliphatic carbocycles. The van der Waals surface area contributed by atoms with E-state index in [1.165, 1.54) is 11.8 Å². The third-order valence-electron chi connectivity index (χ3n) is 4.46. The van der Waals surface area contributed by atoms with Crippen molar-refractivity contribution in [1.82, 2.24) is 0 Å². The molecule has 0 aromatic heterocycles. The predicted octanol–water partition coefficient (Wildman–Crippen LogP) is 2.44. The van der Waals surface area contributed by atoms with Crippen molar-refractivity contribution in [2.24, 2.45) is 23.2 Å². The minimum Gasteiger partial charge on any atom is -0.0591 e. The molecule has 0 aliphatic heterocycles. The lowest BCUT2D eigenvalue weighted by Crippen LogP contribution is -2.35. The molecule has 0 spiro atoms. The highest BCUT2D eigenvalue weighted by atomic mass is 14.7. The number of hydrogen-bond acceptors (Lipinski definition) is 0. The molecule has 0 saturated heterocycles. The minimum absolute atomic E-state index is 0.866. The summed E-state index contributed by atoms with van der Waals surface area (Å²) in [5.41, 5.74) is 0.866. The quantitative estimate of drug-likeness (QED) is 0.463. The molecule has 0 aromatic carbocycles. The average Bonchev–Trinajstić information content (AvgIpc) is 2.29. The van der Waals surface area contributed by atoms with E-state index in [1.54, 1.807) is 25.7 Å². The van der Waals surface area contributed by atoms with Crippen LogP contribution in [0.15, 0.2) is 0 Å². The Bertz CT molecular complexity index is 151. The van der Waals surface area contributed by atoms with Crippen LogP contribution >= 0.6 is 0 Å². The van der Waals surface area contributed by atoms with E-state index in [1.807, 2.05) is 0 Å². The van der Waals surface area contributed by atoms with E-state index in [-0.39, 0.29) is 0 Å². The Balaban J connectivity index is 2.10. The van der Waals surface area contributed by atoms with E-state index in [2.05, 4.69) is 6.92 Å². The molecular weight excluding hydrogens is 108 g/mol. The summed E-state index contributed by atoms with van der Waals surface area (Å²) in [5.74, 6) is 3.53. The van der Waals surface area contributed by atoms with Gasteiger partial charge in [-0.1, -0.05) is 6.92 Å². The molecule has 4 bridgehead atoms. The molecule has 0 aromatic rings. The molecule has 50 valence electrons. The number of hydrogen-bond donors (Lipinski definition) is 0. The van der Waals surface area contributed by atoms with Gasteiger partial charge in [0.15, 0.2) is 0 Å². The van der Waals surface area contributed by atoms with Crippen LogP contribution in [-0.2, 0) is 0 Å². The molecule has 4 rings (SSSR count). The molecule has 9 heavy (non-hydrogen) atoms. The van der Waals surface area contributed by atoms with Crippen LogP contribution < -0.4 is 0 Å². The molecule has 4 unspecified atom stereocenters. The monoisotopic (exact) mass is 122 g/mol. The Morgan fingerprint density at radius 3 is 2.56 bits per heavy atom. The summed E-state index contributed by atoms with van der Waals surface area (Å²) < 4.78 is 0. The molecule has 0 N–H and O–H groups in total. The summed E-state index contributed by atoms with van der Waals surface area (Å²) in [6.07, 6.45) is 6.33. The van der Waals surface area contributed by atoms with Gasteiger partial charge in [-0.25, -0.2) is 0 Å². The molecule has 0 nitrogen and oxygen atoms in total. The Hall–Kier alpha value is 0. The second kappa shape index (κ2) is 1.09. The lowest BCUT2D eigenvalue weighted by atomic mass is 9.62. The van der Waals surface area contributed by atoms with Crippen LogP contribution in [0.4, 0.5) is 0 Å². The Kier molecular flexibility index (Phi) is 0.574. The van der Waals surface area contributed by atoms with E-state index >= 15 is 0 Å². The normalized spacial score (nSPS) is 68.3. The van der Waals surface area contributed by atoms with Gasteiger partial charge in [0.2, 0.25) is 0 Å². The highest BCUT2D eigenvalue weighted by Crippen LogP contribution is 2.72. The maximum absolute atomic E-state index is 2.53. The van der Waals surface area contributed by atoms with Crippen LogP contribution in [0, 0.1) is 23.2 Å². The molecule has 0 heteroatoms. The zero-order valence-corrected chi connectivity index (χ0v) is 6.06. The van der Waals surface area contributed by atoms with E-state index < -0.39 is 0 Å². The average molecular weight is 122 g/mol. The van der Waals surface area contributed by atoms with Gasteiger partial charge in [0.25, 0.3) is 0 Å². The highest BCUT2D eigenvalue weighted by molar-refractivity contribution is 5.13. The Labute approximate surface area is 56.6 Å². The van der Waals surface area contributed by atoms with Crippen molar-refractivity contribution in [3.05, 3.63) is 0 Å². The third kappa shape index (κ3) is 0.320. The molecule has 4 saturated carbocycles. The molecule has 0 heterocycles. The number of rotatable bonds is 0. The van der Waals surface area contributed by atoms with E-state index in [0.717, 1.165) is 11.3 Å². The summed E-state index contributed by atoms with van der Waals surface area (Å²) in [7, 11) is 0. The fraction of sp³-hybridized carbons (Fsp3) is 1.00. The fourth-order valence-corrected chi connectivity index (χ4v) is 3.98. The van der Waals surface area contributed by atoms with Crippen molar-refractivity contribution in [2.75, 3.05) is 0 Å². The van der Waals surface area contributed by atoms with Gasteiger partial charge in [-0.05, 0) is 48.9 Å². The van der Waals surface area contributed by atoms with Crippen molar-refractivity contribution in [3.63, 3.8) is 0 Å². The van der Waals surface area contributed by atoms with Crippen LogP contribution in [0.25, 0.3) is 0 Å². The first-order valence-corrected chi connectivity index (χ1v) is 4.31. The topological polar surface area (TPSA) is 0 Å². The smallest absolute Gasteiger partial charge is 0.0264 e. The maximum Gasteiger partial charge on any atom is -0.0264 e. The SMILES string of the molecule is CC12CC3CC1CCC32. The summed E-state index contributed by atoms with van der Waals surface area (Å²) in [4.78, 5) is 0. The third-order valence-corrected chi connectivity index (χ3v) is 4.46. The van der Waals surface area contributed by atoms with Crippen LogP contribution in [0.5, 0.6) is 0 Å². The van der Waals surface area contributed by atoms with Gasteiger partial charge >= 0.3 is 0 Å². The predicted molar refractivity (Wildman–Crippen MR) is 37.0 cm³/mol. The van der Waals surface area contributed by atoms with Gasteiger partial charge < -0.3 is 0 Å². The molecule has 0 amide bonds. The van der Waals surface area contributed by atoms with Gasteiger partial charge in [-0.15, -0.1) is 0 Å². The molecule has 4 aliphatic rings. The van der Waals surface area contributed by atoms with Crippen molar-refractivity contribution >= 4 is 0 Å². The van der Waals surface area contributed by atoms with Crippen molar-refractivity contribution < 1.29 is 0 Å². The van der Waals surface area contributed by atoms with Gasteiger partial charge in [-0.2, -0.15) is 0 Å². The highest BCUT2D eigenvalue weighted by Gasteiger charge is 2.64. The Morgan fingerprint density at radius 2 is 2.22 bits per heavy atom. The molecule has 0 radical (unpaired) electrons. The molecular formula is C9H14. The van der Waals surface area contributed by atoms with Gasteiger partial charge in [0, 0.05) is 0 Å². The van der Waals surface area contributed by atoms with E-state index in [0.29, 0.717) is 0 Å². The van der Waals surface area contributed by atoms with Crippen LogP contribution in [0.3, 0.4) is 0 Å². The lowest BCUT2D eigenvalue weighted by molar-refractivity contribution is 0.0646. The first kappa shape index (κ1) is 4.76. The van der Waals surface area contributed by atoms with Crippen molar-refractivity contribution in [3.8, 4) is 0 Å². The van der Waals surface area contributed by atoms with Crippen molar-refractivity contribution in [2.45, 2.75) is 32.6 Å². The van der Waals surface area contributed by atoms with Gasteiger partial charge in [0.05, 0.1) is 0 Å². The second-order valence-corrected chi connectivity index (χ2v) is 4.59. The van der Waals surface area contributed by atoms with E-state index in [9.17, 15) is 0 Å². The standard InChI is InChI=1S/C9H14/c1-9-5-6-4-7(9)2-3-8(6)9/h6-8H,2-5H2,1H3. The maximum atomic E-state index is 2.53. The zero-order chi connectivity index (χ0) is 6.06.